The molecule has 0 bridgehead atoms. The molecule has 1 aliphatic rings. The van der Waals surface area contributed by atoms with Crippen molar-refractivity contribution in [1.29, 1.82) is 0 Å². The summed E-state index contributed by atoms with van der Waals surface area (Å²) in [5.74, 6) is 0.881. The van der Waals surface area contributed by atoms with Crippen LogP contribution in [0.1, 0.15) is 19.0 Å². The van der Waals surface area contributed by atoms with Crippen LogP contribution in [0.15, 0.2) is 18.2 Å². The summed E-state index contributed by atoms with van der Waals surface area (Å²) in [6.45, 7) is 2.72. The highest BCUT2D eigenvalue weighted by Crippen LogP contribution is 2.22. The van der Waals surface area contributed by atoms with Crippen molar-refractivity contribution in [3.63, 3.8) is 0 Å². The van der Waals surface area contributed by atoms with Gasteiger partial charge in [0.1, 0.15) is 5.82 Å². The van der Waals surface area contributed by atoms with E-state index in [1.54, 1.807) is 4.90 Å². The average molecular weight is 222 g/mol. The third kappa shape index (κ3) is 2.15. The van der Waals surface area contributed by atoms with Crippen molar-refractivity contribution in [3.8, 4) is 0 Å². The zero-order chi connectivity index (χ0) is 10.8. The van der Waals surface area contributed by atoms with Gasteiger partial charge in [0.15, 0.2) is 0 Å². The van der Waals surface area contributed by atoms with E-state index in [-0.39, 0.29) is 11.2 Å². The fourth-order valence-corrected chi connectivity index (χ4v) is 2.04. The molecule has 2 rings (SSSR count). The van der Waals surface area contributed by atoms with Gasteiger partial charge in [-0.05, 0) is 18.6 Å². The number of pyridine rings is 1. The molecule has 1 aliphatic heterocycles. The Morgan fingerprint density at radius 1 is 1.60 bits per heavy atom. The largest absolute Gasteiger partial charge is 0.296 e. The highest BCUT2D eigenvalue weighted by Gasteiger charge is 2.28. The molecular formula is C11H14N2OS. The van der Waals surface area contributed by atoms with E-state index in [9.17, 15) is 4.79 Å². The van der Waals surface area contributed by atoms with Crippen LogP contribution in [-0.4, -0.2) is 22.7 Å². The van der Waals surface area contributed by atoms with E-state index in [0.717, 1.165) is 17.9 Å². The number of hydrogen-bond acceptors (Lipinski definition) is 3. The summed E-state index contributed by atoms with van der Waals surface area (Å²) < 4.78 is 0. The first-order valence-corrected chi connectivity index (χ1v) is 5.66. The minimum atomic E-state index is 0.121. The Hall–Kier alpha value is -1.03. The van der Waals surface area contributed by atoms with Crippen molar-refractivity contribution in [1.82, 2.24) is 4.98 Å². The standard InChI is InChI=1S/C11H14N2OS/c1-2-8-4-3-5-10(12-8)13-7-9(15)6-11(13)14/h3-5,9,15H,2,6-7H2,1H3. The van der Waals surface area contributed by atoms with Gasteiger partial charge in [-0.1, -0.05) is 13.0 Å². The van der Waals surface area contributed by atoms with Crippen molar-refractivity contribution in [2.24, 2.45) is 0 Å². The van der Waals surface area contributed by atoms with Crippen LogP contribution in [0.5, 0.6) is 0 Å². The lowest BCUT2D eigenvalue weighted by molar-refractivity contribution is -0.117. The van der Waals surface area contributed by atoms with Gasteiger partial charge in [0, 0.05) is 23.9 Å². The summed E-state index contributed by atoms with van der Waals surface area (Å²) in [5, 5.41) is 0.143. The fourth-order valence-electron chi connectivity index (χ4n) is 1.72. The molecule has 0 aliphatic carbocycles. The quantitative estimate of drug-likeness (QED) is 0.772. The fraction of sp³-hybridized carbons (Fsp3) is 0.455. The molecule has 0 N–H and O–H groups in total. The van der Waals surface area contributed by atoms with E-state index in [1.807, 2.05) is 18.2 Å². The van der Waals surface area contributed by atoms with Gasteiger partial charge >= 0.3 is 0 Å². The van der Waals surface area contributed by atoms with Crippen LogP contribution in [0.3, 0.4) is 0 Å². The number of nitrogens with zero attached hydrogens (tertiary/aromatic N) is 2. The first-order valence-electron chi connectivity index (χ1n) is 5.15. The molecule has 1 saturated heterocycles. The predicted octanol–water partition coefficient (Wildman–Crippen LogP) is 1.68. The number of thiol groups is 1. The van der Waals surface area contributed by atoms with Gasteiger partial charge in [0.2, 0.25) is 5.91 Å². The third-order valence-corrected chi connectivity index (χ3v) is 2.88. The van der Waals surface area contributed by atoms with Crippen LogP contribution in [0.25, 0.3) is 0 Å². The molecule has 15 heavy (non-hydrogen) atoms. The topological polar surface area (TPSA) is 33.2 Å². The maximum Gasteiger partial charge on any atom is 0.229 e. The molecule has 0 radical (unpaired) electrons. The molecule has 1 unspecified atom stereocenters. The van der Waals surface area contributed by atoms with E-state index < -0.39 is 0 Å². The van der Waals surface area contributed by atoms with Crippen LogP contribution in [-0.2, 0) is 11.2 Å². The predicted molar refractivity (Wildman–Crippen MR) is 63.4 cm³/mol. The number of amides is 1. The summed E-state index contributed by atoms with van der Waals surface area (Å²) in [4.78, 5) is 17.8. The van der Waals surface area contributed by atoms with Gasteiger partial charge in [-0.2, -0.15) is 12.6 Å². The number of anilines is 1. The minimum absolute atomic E-state index is 0.121. The first kappa shape index (κ1) is 10.5. The molecule has 1 aromatic heterocycles. The molecule has 0 aromatic carbocycles. The van der Waals surface area contributed by atoms with Crippen LogP contribution in [0.2, 0.25) is 0 Å². The van der Waals surface area contributed by atoms with Gasteiger partial charge in [0.25, 0.3) is 0 Å². The van der Waals surface area contributed by atoms with Gasteiger partial charge in [-0.3, -0.25) is 9.69 Å². The Morgan fingerprint density at radius 2 is 2.40 bits per heavy atom. The second-order valence-electron chi connectivity index (χ2n) is 3.70. The van der Waals surface area contributed by atoms with Crippen LogP contribution < -0.4 is 4.90 Å². The molecule has 80 valence electrons. The first-order chi connectivity index (χ1) is 7.20. The van der Waals surface area contributed by atoms with Crippen LogP contribution >= 0.6 is 12.6 Å². The molecule has 2 heterocycles. The smallest absolute Gasteiger partial charge is 0.229 e. The number of aromatic nitrogens is 1. The van der Waals surface area contributed by atoms with Gasteiger partial charge < -0.3 is 0 Å². The summed E-state index contributed by atoms with van der Waals surface area (Å²) in [6.07, 6.45) is 1.40. The molecule has 1 aromatic rings. The highest BCUT2D eigenvalue weighted by molar-refractivity contribution is 7.81. The van der Waals surface area contributed by atoms with Gasteiger partial charge in [0.05, 0.1) is 0 Å². The highest BCUT2D eigenvalue weighted by atomic mass is 32.1. The minimum Gasteiger partial charge on any atom is -0.296 e. The van der Waals surface area contributed by atoms with Gasteiger partial charge in [-0.15, -0.1) is 0 Å². The molecule has 1 fully saturated rings. The summed E-state index contributed by atoms with van der Waals surface area (Å²) in [5.41, 5.74) is 1.02. The second-order valence-corrected chi connectivity index (χ2v) is 4.43. The molecule has 1 amide bonds. The monoisotopic (exact) mass is 222 g/mol. The zero-order valence-corrected chi connectivity index (χ0v) is 9.58. The van der Waals surface area contributed by atoms with Crippen molar-refractivity contribution < 1.29 is 4.79 Å². The Labute approximate surface area is 94.9 Å². The van der Waals surface area contributed by atoms with E-state index in [2.05, 4.69) is 24.5 Å². The van der Waals surface area contributed by atoms with Crippen LogP contribution in [0, 0.1) is 0 Å². The normalized spacial score (nSPS) is 21.1. The Bertz CT molecular complexity index is 381. The molecular weight excluding hydrogens is 208 g/mol. The van der Waals surface area contributed by atoms with Crippen molar-refractivity contribution >= 4 is 24.4 Å². The van der Waals surface area contributed by atoms with E-state index in [4.69, 9.17) is 0 Å². The van der Waals surface area contributed by atoms with Crippen LogP contribution in [0.4, 0.5) is 5.82 Å². The third-order valence-electron chi connectivity index (χ3n) is 2.54. The SMILES string of the molecule is CCc1cccc(N2CC(S)CC2=O)n1. The second kappa shape index (κ2) is 4.23. The Morgan fingerprint density at radius 3 is 3.00 bits per heavy atom. The van der Waals surface area contributed by atoms with E-state index >= 15 is 0 Å². The summed E-state index contributed by atoms with van der Waals surface area (Å²) in [6, 6.07) is 5.80. The molecule has 4 heteroatoms. The number of carbonyl (C=O) groups excluding carboxylic acids is 1. The zero-order valence-electron chi connectivity index (χ0n) is 8.68. The Kier molecular flexibility index (Phi) is 2.95. The average Bonchev–Trinajstić information content (AvgIpc) is 2.58. The molecule has 0 saturated carbocycles. The number of aryl methyl sites for hydroxylation is 1. The molecule has 3 nitrogen and oxygen atoms in total. The number of rotatable bonds is 2. The van der Waals surface area contributed by atoms with Gasteiger partial charge in [-0.25, -0.2) is 4.98 Å². The number of hydrogen-bond donors (Lipinski definition) is 1. The van der Waals surface area contributed by atoms with Crippen molar-refractivity contribution in [2.45, 2.75) is 25.0 Å². The van der Waals surface area contributed by atoms with Crippen molar-refractivity contribution in [2.75, 3.05) is 11.4 Å². The maximum atomic E-state index is 11.6. The maximum absolute atomic E-state index is 11.6. The summed E-state index contributed by atoms with van der Waals surface area (Å²) in [7, 11) is 0. The van der Waals surface area contributed by atoms with E-state index in [0.29, 0.717) is 13.0 Å². The lowest BCUT2D eigenvalue weighted by Gasteiger charge is -2.15. The van der Waals surface area contributed by atoms with E-state index in [1.165, 1.54) is 0 Å². The lowest BCUT2D eigenvalue weighted by Crippen LogP contribution is -2.25. The molecule has 1 atom stereocenters. The molecule has 0 spiro atoms. The Balaban J connectivity index is 2.25. The summed E-state index contributed by atoms with van der Waals surface area (Å²) >= 11 is 4.32. The lowest BCUT2D eigenvalue weighted by atomic mass is 10.3. The number of carbonyl (C=O) groups is 1. The van der Waals surface area contributed by atoms with Crippen molar-refractivity contribution in [3.05, 3.63) is 23.9 Å².